The molecule has 94 valence electrons. The van der Waals surface area contributed by atoms with E-state index in [1.807, 2.05) is 30.3 Å². The summed E-state index contributed by atoms with van der Waals surface area (Å²) in [5.74, 6) is -1.10. The van der Waals surface area contributed by atoms with Gasteiger partial charge < -0.3 is 5.11 Å². The highest BCUT2D eigenvalue weighted by Gasteiger charge is 2.14. The van der Waals surface area contributed by atoms with Crippen molar-refractivity contribution in [3.8, 4) is 0 Å². The first-order chi connectivity index (χ1) is 8.09. The van der Waals surface area contributed by atoms with Crippen LogP contribution >= 0.6 is 0 Å². The van der Waals surface area contributed by atoms with E-state index in [0.29, 0.717) is 6.42 Å². The van der Waals surface area contributed by atoms with Crippen LogP contribution in [-0.4, -0.2) is 37.2 Å². The Labute approximate surface area is 102 Å². The fourth-order valence-corrected chi connectivity index (χ4v) is 1.97. The molecule has 1 rings (SSSR count). The smallest absolute Gasteiger partial charge is 0.318 e. The first-order valence-electron chi connectivity index (χ1n) is 5.21. The molecule has 0 aliphatic heterocycles. The summed E-state index contributed by atoms with van der Waals surface area (Å²) in [6.45, 7) is -0.137. The van der Waals surface area contributed by atoms with Crippen molar-refractivity contribution in [3.63, 3.8) is 0 Å². The van der Waals surface area contributed by atoms with Gasteiger partial charge in [-0.2, -0.15) is 4.31 Å². The normalized spacial score (nSPS) is 12.6. The average molecular weight is 257 g/mol. The van der Waals surface area contributed by atoms with Gasteiger partial charge in [0.15, 0.2) is 0 Å². The number of hydrogen-bond acceptors (Lipinski definition) is 2. The maximum atomic E-state index is 10.9. The molecule has 0 heterocycles. The third-order valence-electron chi connectivity index (χ3n) is 2.25. The van der Waals surface area contributed by atoms with Crippen LogP contribution in [0.4, 0.5) is 0 Å². The van der Waals surface area contributed by atoms with Gasteiger partial charge in [0.1, 0.15) is 6.54 Å². The maximum absolute atomic E-state index is 10.9. The van der Waals surface area contributed by atoms with Crippen molar-refractivity contribution in [2.75, 3.05) is 13.1 Å². The highest BCUT2D eigenvalue weighted by Crippen LogP contribution is 2.04. The Hall–Kier alpha value is -1.24. The number of carbonyl (C=O) groups is 1. The molecule has 1 unspecified atom stereocenters. The van der Waals surface area contributed by atoms with E-state index in [4.69, 9.17) is 9.66 Å². The second-order valence-corrected chi connectivity index (χ2v) is 4.55. The zero-order chi connectivity index (χ0) is 12.7. The highest BCUT2D eigenvalue weighted by molar-refractivity contribution is 7.76. The number of hydrogen-bond donors (Lipinski definition) is 2. The predicted molar refractivity (Wildman–Crippen MR) is 64.7 cm³/mol. The summed E-state index contributed by atoms with van der Waals surface area (Å²) in [7, 11) is 0. The van der Waals surface area contributed by atoms with Gasteiger partial charge in [-0.1, -0.05) is 30.3 Å². The molecule has 6 heteroatoms. The van der Waals surface area contributed by atoms with Gasteiger partial charge in [0.25, 0.3) is 0 Å². The van der Waals surface area contributed by atoms with Crippen LogP contribution in [-0.2, 0) is 22.5 Å². The van der Waals surface area contributed by atoms with Crippen LogP contribution in [0.2, 0.25) is 0 Å². The molecule has 1 aromatic rings. The molecule has 0 aromatic heterocycles. The average Bonchev–Trinajstić information content (AvgIpc) is 2.28. The highest BCUT2D eigenvalue weighted by atomic mass is 32.2. The van der Waals surface area contributed by atoms with Crippen LogP contribution < -0.4 is 0 Å². The quantitative estimate of drug-likeness (QED) is 0.718. The first-order valence-corrected chi connectivity index (χ1v) is 6.27. The minimum Gasteiger partial charge on any atom is -0.480 e. The van der Waals surface area contributed by atoms with Crippen molar-refractivity contribution >= 4 is 17.2 Å². The number of carboxylic acid groups (broad SMARTS) is 1. The topological polar surface area (TPSA) is 77.8 Å². The van der Waals surface area contributed by atoms with Crippen LogP contribution in [0.5, 0.6) is 0 Å². The molecule has 1 atom stereocenters. The van der Waals surface area contributed by atoms with Gasteiger partial charge in [0, 0.05) is 6.54 Å². The van der Waals surface area contributed by atoms with E-state index in [2.05, 4.69) is 0 Å². The van der Waals surface area contributed by atoms with Crippen molar-refractivity contribution in [2.24, 2.45) is 0 Å². The summed E-state index contributed by atoms with van der Waals surface area (Å²) in [4.78, 5) is 10.5. The lowest BCUT2D eigenvalue weighted by molar-refractivity contribution is -0.137. The number of benzene rings is 1. The van der Waals surface area contributed by atoms with Crippen LogP contribution in [0.1, 0.15) is 12.0 Å². The Morgan fingerprint density at radius 3 is 2.47 bits per heavy atom. The Morgan fingerprint density at radius 1 is 1.29 bits per heavy atom. The van der Waals surface area contributed by atoms with Gasteiger partial charge >= 0.3 is 5.97 Å². The van der Waals surface area contributed by atoms with E-state index >= 15 is 0 Å². The number of aryl methyl sites for hydroxylation is 1. The SMILES string of the molecule is O=C(O)CN(CCCc1ccccc1)S(=O)O. The Kier molecular flexibility index (Phi) is 5.82. The minimum atomic E-state index is -2.23. The van der Waals surface area contributed by atoms with E-state index < -0.39 is 23.8 Å². The van der Waals surface area contributed by atoms with Crippen molar-refractivity contribution < 1.29 is 18.7 Å². The fraction of sp³-hybridized carbons (Fsp3) is 0.364. The van der Waals surface area contributed by atoms with Crippen molar-refractivity contribution in [2.45, 2.75) is 12.8 Å². The molecule has 0 saturated carbocycles. The molecule has 1 aromatic carbocycles. The second kappa shape index (κ2) is 7.16. The van der Waals surface area contributed by atoms with Gasteiger partial charge in [0.2, 0.25) is 11.3 Å². The summed E-state index contributed by atoms with van der Waals surface area (Å²) in [5.41, 5.74) is 1.13. The molecule has 0 amide bonds. The number of aliphatic carboxylic acids is 1. The van der Waals surface area contributed by atoms with E-state index in [0.717, 1.165) is 16.3 Å². The summed E-state index contributed by atoms with van der Waals surface area (Å²) < 4.78 is 20.8. The molecule has 17 heavy (non-hydrogen) atoms. The zero-order valence-electron chi connectivity index (χ0n) is 9.28. The maximum Gasteiger partial charge on any atom is 0.318 e. The van der Waals surface area contributed by atoms with Crippen LogP contribution in [0, 0.1) is 0 Å². The molecular formula is C11H15NO4S. The lowest BCUT2D eigenvalue weighted by Crippen LogP contribution is -2.32. The molecular weight excluding hydrogens is 242 g/mol. The molecule has 0 fully saturated rings. The fourth-order valence-electron chi connectivity index (χ4n) is 1.47. The molecule has 0 aliphatic carbocycles. The van der Waals surface area contributed by atoms with Crippen LogP contribution in [0.15, 0.2) is 30.3 Å². The molecule has 0 radical (unpaired) electrons. The second-order valence-electron chi connectivity index (χ2n) is 3.58. The minimum absolute atomic E-state index is 0.282. The molecule has 0 aliphatic rings. The van der Waals surface area contributed by atoms with Crippen LogP contribution in [0.25, 0.3) is 0 Å². The number of rotatable bonds is 7. The van der Waals surface area contributed by atoms with E-state index in [9.17, 15) is 9.00 Å². The number of carboxylic acids is 1. The summed E-state index contributed by atoms with van der Waals surface area (Å²) in [5, 5.41) is 8.56. The monoisotopic (exact) mass is 257 g/mol. The van der Waals surface area contributed by atoms with Gasteiger partial charge in [0.05, 0.1) is 0 Å². The lowest BCUT2D eigenvalue weighted by Gasteiger charge is -2.14. The summed E-state index contributed by atoms with van der Waals surface area (Å²) >= 11 is -2.23. The van der Waals surface area contributed by atoms with Crippen molar-refractivity contribution in [3.05, 3.63) is 35.9 Å². The molecule has 0 saturated heterocycles. The zero-order valence-corrected chi connectivity index (χ0v) is 10.1. The largest absolute Gasteiger partial charge is 0.480 e. The van der Waals surface area contributed by atoms with Gasteiger partial charge in [-0.05, 0) is 18.4 Å². The summed E-state index contributed by atoms with van der Waals surface area (Å²) in [6, 6.07) is 9.71. The molecule has 2 N–H and O–H groups in total. The molecule has 5 nitrogen and oxygen atoms in total. The first kappa shape index (κ1) is 13.8. The van der Waals surface area contributed by atoms with Gasteiger partial charge in [-0.15, -0.1) is 0 Å². The third kappa shape index (κ3) is 5.58. The van der Waals surface area contributed by atoms with E-state index in [1.165, 1.54) is 0 Å². The van der Waals surface area contributed by atoms with Crippen molar-refractivity contribution in [1.29, 1.82) is 0 Å². The van der Waals surface area contributed by atoms with Crippen molar-refractivity contribution in [1.82, 2.24) is 4.31 Å². The van der Waals surface area contributed by atoms with Gasteiger partial charge in [-0.3, -0.25) is 9.35 Å². The summed E-state index contributed by atoms with van der Waals surface area (Å²) in [6.07, 6.45) is 1.40. The molecule has 0 bridgehead atoms. The lowest BCUT2D eigenvalue weighted by atomic mass is 10.1. The van der Waals surface area contributed by atoms with E-state index in [1.54, 1.807) is 0 Å². The van der Waals surface area contributed by atoms with Crippen LogP contribution in [0.3, 0.4) is 0 Å². The Morgan fingerprint density at radius 2 is 1.94 bits per heavy atom. The Balaban J connectivity index is 2.37. The molecule has 0 spiro atoms. The Bertz CT molecular complexity index is 382. The number of nitrogens with zero attached hydrogens (tertiary/aromatic N) is 1. The third-order valence-corrected chi connectivity index (χ3v) is 3.00. The van der Waals surface area contributed by atoms with Gasteiger partial charge in [-0.25, -0.2) is 4.21 Å². The predicted octanol–water partition coefficient (Wildman–Crippen LogP) is 1.14. The van der Waals surface area contributed by atoms with E-state index in [-0.39, 0.29) is 6.54 Å². The standard InChI is InChI=1S/C11H15NO4S/c13-11(14)9-12(17(15)16)8-4-7-10-5-2-1-3-6-10/h1-3,5-6H,4,7-9H2,(H,13,14)(H,15,16).